The van der Waals surface area contributed by atoms with Gasteiger partial charge in [-0.25, -0.2) is 4.98 Å². The number of aryl methyl sites for hydroxylation is 1. The number of fused-ring (bicyclic) bond motifs is 1. The predicted molar refractivity (Wildman–Crippen MR) is 153 cm³/mol. The Labute approximate surface area is 230 Å². The van der Waals surface area contributed by atoms with Crippen LogP contribution in [0.3, 0.4) is 0 Å². The molecule has 3 aromatic carbocycles. The van der Waals surface area contributed by atoms with Gasteiger partial charge in [0.2, 0.25) is 5.95 Å². The van der Waals surface area contributed by atoms with Gasteiger partial charge in [-0.05, 0) is 65.7 Å². The number of aromatic nitrogens is 4. The lowest BCUT2D eigenvalue weighted by atomic mass is 10.1. The van der Waals surface area contributed by atoms with Crippen LogP contribution in [0.15, 0.2) is 116 Å². The van der Waals surface area contributed by atoms with Crippen molar-refractivity contribution in [1.29, 1.82) is 0 Å². The highest BCUT2D eigenvalue weighted by molar-refractivity contribution is 5.92. The molecule has 0 spiro atoms. The topological polar surface area (TPSA) is 103 Å². The molecule has 0 radical (unpaired) electrons. The number of amides is 1. The van der Waals surface area contributed by atoms with Gasteiger partial charge in [0.1, 0.15) is 17.2 Å². The molecule has 9 nitrogen and oxygen atoms in total. The lowest BCUT2D eigenvalue weighted by molar-refractivity contribution is 0.0754. The number of imidazole rings is 1. The maximum atomic E-state index is 12.5. The van der Waals surface area contributed by atoms with Crippen molar-refractivity contribution in [2.24, 2.45) is 7.05 Å². The summed E-state index contributed by atoms with van der Waals surface area (Å²) in [6.07, 6.45) is 5.07. The van der Waals surface area contributed by atoms with E-state index in [1.807, 2.05) is 72.3 Å². The van der Waals surface area contributed by atoms with E-state index in [9.17, 15) is 4.79 Å². The number of anilines is 2. The van der Waals surface area contributed by atoms with Gasteiger partial charge in [0.05, 0.1) is 11.0 Å². The minimum absolute atomic E-state index is 0.160. The molecule has 6 rings (SSSR count). The third-order valence-electron chi connectivity index (χ3n) is 6.19. The van der Waals surface area contributed by atoms with Crippen molar-refractivity contribution in [3.63, 3.8) is 0 Å². The Morgan fingerprint density at radius 1 is 0.775 bits per heavy atom. The van der Waals surface area contributed by atoms with E-state index in [0.29, 0.717) is 23.2 Å². The zero-order chi connectivity index (χ0) is 27.3. The summed E-state index contributed by atoms with van der Waals surface area (Å²) in [5.74, 6) is 1.76. The molecule has 40 heavy (non-hydrogen) atoms. The number of hydrogen-bond acceptors (Lipinski definition) is 7. The van der Waals surface area contributed by atoms with Crippen molar-refractivity contribution >= 4 is 28.6 Å². The summed E-state index contributed by atoms with van der Waals surface area (Å²) in [6.45, 7) is 0. The molecular formula is C31H24N6O3. The summed E-state index contributed by atoms with van der Waals surface area (Å²) >= 11 is 0. The van der Waals surface area contributed by atoms with Crippen molar-refractivity contribution in [1.82, 2.24) is 25.0 Å². The van der Waals surface area contributed by atoms with E-state index in [4.69, 9.17) is 14.6 Å². The standard InChI is InChI=1S/C31H24N6O3/c1-37-29-11-10-25(39-26-14-17-33-28(20-26)30(38)36-40-24-8-3-2-4-9-24)19-27(29)35-31(37)34-23-7-5-6-22(18-23)21-12-15-32-16-13-21/h2-20H,1H3,(H,34,35)(H,36,38). The highest BCUT2D eigenvalue weighted by atomic mass is 16.7. The van der Waals surface area contributed by atoms with Crippen molar-refractivity contribution in [3.8, 4) is 28.4 Å². The van der Waals surface area contributed by atoms with Crippen molar-refractivity contribution in [2.45, 2.75) is 0 Å². The van der Waals surface area contributed by atoms with Crippen LogP contribution in [0.25, 0.3) is 22.2 Å². The number of hydroxylamine groups is 1. The number of benzene rings is 3. The number of pyridine rings is 2. The van der Waals surface area contributed by atoms with Crippen molar-refractivity contribution < 1.29 is 14.4 Å². The van der Waals surface area contributed by atoms with E-state index < -0.39 is 5.91 Å². The van der Waals surface area contributed by atoms with E-state index in [1.54, 1.807) is 36.7 Å². The van der Waals surface area contributed by atoms with Gasteiger partial charge in [0.15, 0.2) is 5.75 Å². The number of ether oxygens (including phenoxy) is 1. The number of nitrogens with one attached hydrogen (secondary N) is 2. The molecule has 9 heteroatoms. The Bertz CT molecular complexity index is 1790. The van der Waals surface area contributed by atoms with Crippen LogP contribution < -0.4 is 20.4 Å². The molecule has 3 heterocycles. The Morgan fingerprint density at radius 3 is 2.45 bits per heavy atom. The van der Waals surface area contributed by atoms with Crippen molar-refractivity contribution in [2.75, 3.05) is 5.32 Å². The second-order valence-electron chi connectivity index (χ2n) is 8.91. The molecule has 0 saturated carbocycles. The van der Waals surface area contributed by atoms with Crippen LogP contribution >= 0.6 is 0 Å². The molecule has 0 saturated heterocycles. The van der Waals surface area contributed by atoms with Crippen molar-refractivity contribution in [3.05, 3.63) is 121 Å². The van der Waals surface area contributed by atoms with Crippen LogP contribution in [0.1, 0.15) is 10.5 Å². The van der Waals surface area contributed by atoms with Gasteiger partial charge in [-0.15, -0.1) is 0 Å². The van der Waals surface area contributed by atoms with Gasteiger partial charge in [0, 0.05) is 43.5 Å². The number of carbonyl (C=O) groups excluding carboxylic acids is 1. The van der Waals surface area contributed by atoms with Crippen LogP contribution in [-0.2, 0) is 7.05 Å². The fourth-order valence-corrected chi connectivity index (χ4v) is 4.19. The number of hydrogen-bond donors (Lipinski definition) is 2. The quantitative estimate of drug-likeness (QED) is 0.224. The molecule has 1 amide bonds. The lowest BCUT2D eigenvalue weighted by Crippen LogP contribution is -2.27. The third-order valence-corrected chi connectivity index (χ3v) is 6.19. The minimum Gasteiger partial charge on any atom is -0.457 e. The van der Waals surface area contributed by atoms with E-state index in [0.717, 1.165) is 27.8 Å². The molecule has 2 N–H and O–H groups in total. The summed E-state index contributed by atoms with van der Waals surface area (Å²) in [5, 5.41) is 3.42. The number of rotatable bonds is 8. The van der Waals surface area contributed by atoms with Crippen LogP contribution in [0, 0.1) is 0 Å². The SMILES string of the molecule is Cn1c(Nc2cccc(-c3ccncc3)c2)nc2cc(Oc3ccnc(C(=O)NOc4ccccc4)c3)ccc21. The van der Waals surface area contributed by atoms with Gasteiger partial charge in [-0.2, -0.15) is 5.48 Å². The van der Waals surface area contributed by atoms with Gasteiger partial charge in [0.25, 0.3) is 0 Å². The van der Waals surface area contributed by atoms with E-state index in [1.165, 1.54) is 6.20 Å². The van der Waals surface area contributed by atoms with Gasteiger partial charge in [-0.1, -0.05) is 30.3 Å². The molecule has 0 bridgehead atoms. The Hall–Kier alpha value is -5.70. The maximum absolute atomic E-state index is 12.5. The van der Waals surface area contributed by atoms with Gasteiger partial charge >= 0.3 is 5.91 Å². The predicted octanol–water partition coefficient (Wildman–Crippen LogP) is 6.29. The first-order chi connectivity index (χ1) is 19.6. The zero-order valence-corrected chi connectivity index (χ0v) is 21.5. The molecule has 0 atom stereocenters. The fourth-order valence-electron chi connectivity index (χ4n) is 4.19. The summed E-state index contributed by atoms with van der Waals surface area (Å²) in [5.41, 5.74) is 7.34. The molecule has 3 aromatic heterocycles. The number of carbonyl (C=O) groups is 1. The van der Waals surface area contributed by atoms with Crippen LogP contribution in [0.5, 0.6) is 17.2 Å². The lowest BCUT2D eigenvalue weighted by Gasteiger charge is -2.09. The van der Waals surface area contributed by atoms with Crippen LogP contribution in [0.2, 0.25) is 0 Å². The molecule has 0 aliphatic rings. The average Bonchev–Trinajstić information content (AvgIpc) is 3.31. The molecular weight excluding hydrogens is 504 g/mol. The normalized spacial score (nSPS) is 10.7. The summed E-state index contributed by atoms with van der Waals surface area (Å²) in [4.78, 5) is 30.8. The monoisotopic (exact) mass is 528 g/mol. The molecule has 196 valence electrons. The fraction of sp³-hybridized carbons (Fsp3) is 0.0323. The maximum Gasteiger partial charge on any atom is 0.302 e. The summed E-state index contributed by atoms with van der Waals surface area (Å²) in [6, 6.07) is 29.9. The summed E-state index contributed by atoms with van der Waals surface area (Å²) < 4.78 is 8.02. The Morgan fingerprint density at radius 2 is 1.60 bits per heavy atom. The highest BCUT2D eigenvalue weighted by Gasteiger charge is 2.12. The third kappa shape index (κ3) is 5.44. The number of para-hydroxylation sites is 1. The Kier molecular flexibility index (Phi) is 6.75. The summed E-state index contributed by atoms with van der Waals surface area (Å²) in [7, 11) is 1.95. The Balaban J connectivity index is 1.17. The largest absolute Gasteiger partial charge is 0.457 e. The average molecular weight is 529 g/mol. The first-order valence-corrected chi connectivity index (χ1v) is 12.5. The highest BCUT2D eigenvalue weighted by Crippen LogP contribution is 2.29. The molecule has 0 unspecified atom stereocenters. The molecule has 0 aliphatic heterocycles. The second-order valence-corrected chi connectivity index (χ2v) is 8.91. The first-order valence-electron chi connectivity index (χ1n) is 12.5. The first kappa shape index (κ1) is 24.6. The van der Waals surface area contributed by atoms with Crippen LogP contribution in [0.4, 0.5) is 11.6 Å². The zero-order valence-electron chi connectivity index (χ0n) is 21.5. The second kappa shape index (κ2) is 11.0. The van der Waals surface area contributed by atoms with E-state index in [2.05, 4.69) is 32.9 Å². The van der Waals surface area contributed by atoms with E-state index >= 15 is 0 Å². The van der Waals surface area contributed by atoms with Gasteiger partial charge in [-0.3, -0.25) is 14.8 Å². The van der Waals surface area contributed by atoms with Gasteiger partial charge < -0.3 is 19.5 Å². The van der Waals surface area contributed by atoms with Crippen LogP contribution in [-0.4, -0.2) is 25.4 Å². The van der Waals surface area contributed by atoms with E-state index in [-0.39, 0.29) is 5.69 Å². The smallest absolute Gasteiger partial charge is 0.302 e. The number of nitrogens with zero attached hydrogens (tertiary/aromatic N) is 4. The minimum atomic E-state index is -0.488. The molecule has 0 aliphatic carbocycles. The molecule has 6 aromatic rings. The molecule has 0 fully saturated rings.